The van der Waals surface area contributed by atoms with E-state index < -0.39 is 59.3 Å². The summed E-state index contributed by atoms with van der Waals surface area (Å²) in [5.74, 6) is -5.82. The number of carboxylic acid groups (broad SMARTS) is 1. The number of carbonyl (C=O) groups excluding carboxylic acids is 10. The molecule has 0 radical (unpaired) electrons. The van der Waals surface area contributed by atoms with Crippen molar-refractivity contribution >= 4 is 105 Å². The fraction of sp³-hybridized carbons (Fsp3) is 0.277. The van der Waals surface area contributed by atoms with Crippen molar-refractivity contribution in [1.29, 1.82) is 0 Å². The van der Waals surface area contributed by atoms with E-state index in [1.54, 1.807) is 97.9 Å². The van der Waals surface area contributed by atoms with E-state index in [0.717, 1.165) is 0 Å². The monoisotopic (exact) mass is 1360 g/mol. The smallest absolute Gasteiger partial charge is 0.335 e. The van der Waals surface area contributed by atoms with Gasteiger partial charge in [0, 0.05) is 150 Å². The first-order chi connectivity index (χ1) is 47.1. The summed E-state index contributed by atoms with van der Waals surface area (Å²) in [4.78, 5) is 154. The number of benzene rings is 1. The van der Waals surface area contributed by atoms with Gasteiger partial charge < -0.3 is 105 Å². The lowest BCUT2D eigenvalue weighted by molar-refractivity contribution is -0.116. The van der Waals surface area contributed by atoms with E-state index in [4.69, 9.17) is 5.73 Å². The number of aromatic nitrogens is 10. The third kappa shape index (κ3) is 17.9. The van der Waals surface area contributed by atoms with Crippen LogP contribution in [0.4, 0.5) is 39.9 Å². The molecule has 13 N–H and O–H groups in total. The first kappa shape index (κ1) is 70.7. The van der Waals surface area contributed by atoms with Crippen LogP contribution in [-0.4, -0.2) is 167 Å². The van der Waals surface area contributed by atoms with Crippen LogP contribution >= 0.6 is 0 Å². The van der Waals surface area contributed by atoms with Crippen LogP contribution in [-0.2, 0) is 61.2 Å². The molecule has 0 fully saturated rings. The zero-order valence-electron chi connectivity index (χ0n) is 55.6. The summed E-state index contributed by atoms with van der Waals surface area (Å²) in [5, 5.41) is 36.8. The summed E-state index contributed by atoms with van der Waals surface area (Å²) in [6, 6.07) is 13.9. The largest absolute Gasteiger partial charge is 0.478 e. The zero-order chi connectivity index (χ0) is 71.5. The van der Waals surface area contributed by atoms with E-state index in [1.165, 1.54) is 111 Å². The van der Waals surface area contributed by atoms with Gasteiger partial charge in [-0.15, -0.1) is 0 Å². The predicted octanol–water partition coefficient (Wildman–Crippen LogP) is 3.35. The average molecular weight is 1360 g/mol. The summed E-state index contributed by atoms with van der Waals surface area (Å²) in [7, 11) is 14.9. The molecule has 0 aliphatic rings. The molecule has 8 heterocycles. The van der Waals surface area contributed by atoms with Crippen LogP contribution in [0, 0.1) is 0 Å². The van der Waals surface area contributed by atoms with Crippen LogP contribution in [0.1, 0.15) is 124 Å². The Kier molecular flexibility index (Phi) is 22.1. The van der Waals surface area contributed by atoms with Crippen molar-refractivity contribution in [2.75, 3.05) is 77.0 Å². The first-order valence-electron chi connectivity index (χ1n) is 30.9. The number of amides is 10. The van der Waals surface area contributed by atoms with Crippen LogP contribution in [0.2, 0.25) is 0 Å². The van der Waals surface area contributed by atoms with Crippen LogP contribution in [0.3, 0.4) is 0 Å². The molecule has 9 rings (SSSR count). The number of nitrogens with one attached hydrogen (secondary N) is 10. The summed E-state index contributed by atoms with van der Waals surface area (Å²) < 4.78 is 12.1. The predicted molar refractivity (Wildman–Crippen MR) is 365 cm³/mol. The number of aryl methyl sites for hydroxylation is 8. The van der Waals surface area contributed by atoms with Crippen LogP contribution in [0.15, 0.2) is 116 Å². The van der Waals surface area contributed by atoms with Gasteiger partial charge in [0.25, 0.3) is 53.2 Å². The van der Waals surface area contributed by atoms with Crippen LogP contribution in [0.5, 0.6) is 0 Å². The van der Waals surface area contributed by atoms with E-state index in [2.05, 4.69) is 68.0 Å². The van der Waals surface area contributed by atoms with Crippen molar-refractivity contribution in [2.45, 2.75) is 25.3 Å². The van der Waals surface area contributed by atoms with Gasteiger partial charge in [-0.25, -0.2) is 14.8 Å². The Balaban J connectivity index is 0.674. The van der Waals surface area contributed by atoms with E-state index in [1.807, 2.05) is 7.05 Å². The van der Waals surface area contributed by atoms with Gasteiger partial charge in [-0.1, -0.05) is 6.07 Å². The molecule has 518 valence electrons. The molecule has 34 heteroatoms. The molecule has 10 amide bonds. The second kappa shape index (κ2) is 30.9. The van der Waals surface area contributed by atoms with Gasteiger partial charge in [0.2, 0.25) is 11.7 Å². The highest BCUT2D eigenvalue weighted by atomic mass is 16.4. The number of aromatic carboxylic acids is 1. The molecule has 0 aliphatic carbocycles. The number of nitrogens with zero attached hydrogens (tertiary/aromatic N) is 11. The molecular weight excluding hydrogens is 1280 g/mol. The second-order valence-corrected chi connectivity index (χ2v) is 23.6. The molecule has 0 spiro atoms. The van der Waals surface area contributed by atoms with Gasteiger partial charge in [-0.3, -0.25) is 47.9 Å². The highest BCUT2D eigenvalue weighted by Gasteiger charge is 2.25. The number of nitrogens with two attached hydrogens (primary N) is 1. The lowest BCUT2D eigenvalue weighted by atomic mass is 10.1. The Morgan fingerprint density at radius 2 is 0.828 bits per heavy atom. The second-order valence-electron chi connectivity index (χ2n) is 23.6. The van der Waals surface area contributed by atoms with Gasteiger partial charge in [0.15, 0.2) is 11.6 Å². The third-order valence-electron chi connectivity index (χ3n) is 15.7. The summed E-state index contributed by atoms with van der Waals surface area (Å²) in [6.45, 7) is 2.03. The normalized spacial score (nSPS) is 11.4. The quantitative estimate of drug-likeness (QED) is 0.0299. The van der Waals surface area contributed by atoms with Gasteiger partial charge >= 0.3 is 5.97 Å². The number of hydrogen-bond acceptors (Lipinski definition) is 15. The Morgan fingerprint density at radius 3 is 1.25 bits per heavy atom. The van der Waals surface area contributed by atoms with Crippen molar-refractivity contribution in [2.24, 2.45) is 62.1 Å². The van der Waals surface area contributed by atoms with E-state index in [9.17, 15) is 57.8 Å². The molecule has 0 aliphatic heterocycles. The molecule has 0 saturated heterocycles. The number of anilines is 7. The van der Waals surface area contributed by atoms with E-state index in [0.29, 0.717) is 56.1 Å². The molecule has 99 heavy (non-hydrogen) atoms. The molecule has 0 saturated carbocycles. The summed E-state index contributed by atoms with van der Waals surface area (Å²) >= 11 is 0. The summed E-state index contributed by atoms with van der Waals surface area (Å²) in [5.41, 5.74) is 9.60. The molecule has 8 aromatic heterocycles. The fourth-order valence-electron chi connectivity index (χ4n) is 10.6. The fourth-order valence-corrected chi connectivity index (χ4v) is 10.6. The highest BCUT2D eigenvalue weighted by Crippen LogP contribution is 2.24. The van der Waals surface area contributed by atoms with Crippen LogP contribution < -0.4 is 58.9 Å². The van der Waals surface area contributed by atoms with Crippen molar-refractivity contribution in [1.82, 2.24) is 67.4 Å². The number of carboxylic acids is 1. The minimum atomic E-state index is -1.11. The Labute approximate surface area is 565 Å². The topological polar surface area (TPSA) is 423 Å². The highest BCUT2D eigenvalue weighted by molar-refractivity contribution is 6.10. The number of imidazole rings is 2. The third-order valence-corrected chi connectivity index (χ3v) is 15.7. The Bertz CT molecular complexity index is 4600. The maximum Gasteiger partial charge on any atom is 0.335 e. The molecule has 34 nitrogen and oxygen atoms in total. The van der Waals surface area contributed by atoms with Crippen molar-refractivity contribution < 1.29 is 57.8 Å². The Morgan fingerprint density at radius 1 is 0.444 bits per heavy atom. The molecule has 1 aromatic carbocycles. The van der Waals surface area contributed by atoms with Gasteiger partial charge in [-0.05, 0) is 87.6 Å². The Hall–Kier alpha value is -12.6. The maximum absolute atomic E-state index is 13.6. The minimum absolute atomic E-state index is 0.0153. The first-order valence-corrected chi connectivity index (χ1v) is 30.9. The molecule has 0 unspecified atom stereocenters. The molecule has 9 aromatic rings. The lowest BCUT2D eigenvalue weighted by Crippen LogP contribution is -2.39. The van der Waals surface area contributed by atoms with Crippen molar-refractivity contribution in [3.8, 4) is 0 Å². The minimum Gasteiger partial charge on any atom is -0.478 e. The molecule has 1 atom stereocenters. The van der Waals surface area contributed by atoms with Crippen molar-refractivity contribution in [3.05, 3.63) is 173 Å². The maximum atomic E-state index is 13.6. The van der Waals surface area contributed by atoms with Crippen LogP contribution in [0.25, 0.3) is 0 Å². The molecule has 0 bridgehead atoms. The average Bonchev–Trinajstić information content (AvgIpc) is 1.71. The van der Waals surface area contributed by atoms with E-state index in [-0.39, 0.29) is 105 Å². The zero-order valence-corrected chi connectivity index (χ0v) is 55.6. The van der Waals surface area contributed by atoms with Crippen molar-refractivity contribution in [3.63, 3.8) is 0 Å². The molecular formula is C65H76N22O12. The number of carbonyl (C=O) groups is 11. The number of hydrogen-bond donors (Lipinski definition) is 12. The van der Waals surface area contributed by atoms with Gasteiger partial charge in [0.05, 0.1) is 39.7 Å². The lowest BCUT2D eigenvalue weighted by Gasteiger charge is -2.17. The number of rotatable bonds is 29. The van der Waals surface area contributed by atoms with Gasteiger partial charge in [-0.2, -0.15) is 0 Å². The van der Waals surface area contributed by atoms with E-state index >= 15 is 0 Å². The summed E-state index contributed by atoms with van der Waals surface area (Å²) in [6.07, 6.45) is 15.0. The van der Waals surface area contributed by atoms with Gasteiger partial charge in [0.1, 0.15) is 34.2 Å². The SMILES string of the molecule is CN(CCCNC(=O)c1cccc(C(=O)O)c1)CCCNC(=O)c1cc(NC(=O)c2cc(NC(=O)c3cc(NC(=O)c4cc(NC(=O)C[C@@H](N)CNC(=O)c5cc(NC(=O)c6cc(NC(=O)c7nc(NC(=O)c8nccn8C)cn7C)cn6C)cn5C)cn4C)cn3C)cn2C)cn1C. The standard InChI is InChI=1S/C65H76N22O12/c1-79(18-11-15-68-56(89)37-13-10-14-38(21-37)65(98)99)19-12-16-69-57(90)46-24-41(31-81(46)3)72-60(93)49-27-44(34-84(49)6)75-61(94)50-26-43(33-85(50)7)74-59(92)48-23-40(30-83(48)5)71-53(88)22-39(66)29-70-58(91)47-25-42(32-82(47)4)73-62(95)51-28-45(35-86(51)8)76-64(97)55-77-52(36-87(55)9)78-63(96)54-67-17-20-80(54)2/h10,13-14,17,20-21,23-28,30-36,39H,11-12,15-16,18-19,22,29,66H2,1-9H3,(H,68,89)(H,69,90)(H,70,91)(H,71,88)(H,72,93)(H,73,95)(H,74,92)(H,75,94)(H,76,97)(H,78,96)(H,98,99)/t39-/m1/s1.